The van der Waals surface area contributed by atoms with Crippen LogP contribution in [0.25, 0.3) is 0 Å². The summed E-state index contributed by atoms with van der Waals surface area (Å²) in [5, 5.41) is 25.4. The molecule has 1 aromatic carbocycles. The van der Waals surface area contributed by atoms with Crippen molar-refractivity contribution in [1.29, 1.82) is 0 Å². The number of carbonyl (C=O) groups excluding carboxylic acids is 1. The number of carbonyl (C=O) groups is 1. The van der Waals surface area contributed by atoms with Crippen LogP contribution in [0.1, 0.15) is 32.4 Å². The summed E-state index contributed by atoms with van der Waals surface area (Å²) in [6.07, 6.45) is -1.51. The summed E-state index contributed by atoms with van der Waals surface area (Å²) in [6, 6.07) is 2.99. The molecule has 1 rings (SSSR count). The summed E-state index contributed by atoms with van der Waals surface area (Å²) < 4.78 is 10.2. The summed E-state index contributed by atoms with van der Waals surface area (Å²) >= 11 is 0. The van der Waals surface area contributed by atoms with Crippen LogP contribution in [0.3, 0.4) is 0 Å². The Bertz CT molecular complexity index is 525. The van der Waals surface area contributed by atoms with Gasteiger partial charge < -0.3 is 25.0 Å². The average Bonchev–Trinajstić information content (AvgIpc) is 2.39. The van der Waals surface area contributed by atoms with E-state index in [0.29, 0.717) is 12.1 Å². The van der Waals surface area contributed by atoms with Gasteiger partial charge in [-0.15, -0.1) is 0 Å². The zero-order valence-electron chi connectivity index (χ0n) is 13.6. The highest BCUT2D eigenvalue weighted by molar-refractivity contribution is 5.88. The van der Waals surface area contributed by atoms with Gasteiger partial charge in [-0.05, 0) is 45.5 Å². The lowest BCUT2D eigenvalue weighted by atomic mass is 10.1. The Morgan fingerprint density at radius 2 is 2.00 bits per heavy atom. The van der Waals surface area contributed by atoms with E-state index in [1.807, 2.05) is 0 Å². The fourth-order valence-electron chi connectivity index (χ4n) is 1.80. The number of likely N-dealkylation sites (N-methyl/N-ethyl adjacent to an activating group) is 1. The predicted molar refractivity (Wildman–Crippen MR) is 83.4 cm³/mol. The molecule has 0 heterocycles. The molecular weight excluding hydrogens is 288 g/mol. The van der Waals surface area contributed by atoms with E-state index in [0.717, 1.165) is 0 Å². The summed E-state index contributed by atoms with van der Waals surface area (Å²) in [4.78, 5) is 11.8. The summed E-state index contributed by atoms with van der Waals surface area (Å²) in [6.45, 7) is 5.53. The van der Waals surface area contributed by atoms with E-state index < -0.39 is 17.8 Å². The molecule has 0 saturated heterocycles. The molecule has 124 valence electrons. The van der Waals surface area contributed by atoms with Crippen LogP contribution in [0.2, 0.25) is 0 Å². The van der Waals surface area contributed by atoms with Gasteiger partial charge in [-0.3, -0.25) is 5.32 Å². The number of rotatable bonds is 5. The number of hydrogen-bond donors (Lipinski definition) is 4. The maximum absolute atomic E-state index is 11.8. The van der Waals surface area contributed by atoms with Crippen molar-refractivity contribution in [2.24, 2.45) is 0 Å². The normalized spacial score (nSPS) is 12.6. The van der Waals surface area contributed by atoms with Crippen molar-refractivity contribution in [2.75, 3.05) is 26.0 Å². The highest BCUT2D eigenvalue weighted by atomic mass is 16.6. The van der Waals surface area contributed by atoms with E-state index in [9.17, 15) is 15.0 Å². The minimum Gasteiger partial charge on any atom is -0.503 e. The van der Waals surface area contributed by atoms with Gasteiger partial charge in [0, 0.05) is 6.54 Å². The number of aromatic hydroxyl groups is 1. The lowest BCUT2D eigenvalue weighted by Gasteiger charge is -2.21. The standard InChI is InChI=1S/C15H24N2O5/c1-15(2,3)22-14(20)17-10-6-9(11(18)8-16-4)7-12(21-5)13(10)19/h6-7,11,16,18-19H,8H2,1-5H3,(H,17,20). The molecule has 0 aromatic heterocycles. The van der Waals surface area contributed by atoms with Crippen LogP contribution < -0.4 is 15.4 Å². The van der Waals surface area contributed by atoms with Gasteiger partial charge in [-0.1, -0.05) is 0 Å². The van der Waals surface area contributed by atoms with Crippen LogP contribution >= 0.6 is 0 Å². The van der Waals surface area contributed by atoms with Gasteiger partial charge in [0.1, 0.15) is 5.60 Å². The van der Waals surface area contributed by atoms with Crippen LogP contribution in [-0.4, -0.2) is 42.6 Å². The molecule has 7 heteroatoms. The molecule has 4 N–H and O–H groups in total. The smallest absolute Gasteiger partial charge is 0.412 e. The zero-order chi connectivity index (χ0) is 16.9. The Morgan fingerprint density at radius 1 is 1.36 bits per heavy atom. The minimum atomic E-state index is -0.807. The number of hydrogen-bond acceptors (Lipinski definition) is 6. The fourth-order valence-corrected chi connectivity index (χ4v) is 1.80. The molecule has 0 fully saturated rings. The topological polar surface area (TPSA) is 100 Å². The molecule has 1 unspecified atom stereocenters. The first-order valence-electron chi connectivity index (χ1n) is 6.91. The number of nitrogens with one attached hydrogen (secondary N) is 2. The van der Waals surface area contributed by atoms with Crippen molar-refractivity contribution >= 4 is 11.8 Å². The number of aliphatic hydroxyl groups is 1. The van der Waals surface area contributed by atoms with E-state index in [2.05, 4.69) is 10.6 Å². The Kier molecular flexibility index (Phi) is 6.01. The van der Waals surface area contributed by atoms with Gasteiger partial charge in [0.05, 0.1) is 18.9 Å². The SMILES string of the molecule is CNCC(O)c1cc(NC(=O)OC(C)(C)C)c(O)c(OC)c1. The molecule has 0 radical (unpaired) electrons. The number of anilines is 1. The molecule has 0 bridgehead atoms. The van der Waals surface area contributed by atoms with Gasteiger partial charge in [0.2, 0.25) is 0 Å². The third-order valence-electron chi connectivity index (χ3n) is 2.74. The third-order valence-corrected chi connectivity index (χ3v) is 2.74. The number of amides is 1. The second kappa shape index (κ2) is 7.33. The number of ether oxygens (including phenoxy) is 2. The van der Waals surface area contributed by atoms with Gasteiger partial charge in [-0.25, -0.2) is 4.79 Å². The largest absolute Gasteiger partial charge is 0.503 e. The molecule has 0 aliphatic heterocycles. The Labute approximate surface area is 130 Å². The van der Waals surface area contributed by atoms with E-state index in [4.69, 9.17) is 9.47 Å². The van der Waals surface area contributed by atoms with Crippen LogP contribution in [0, 0.1) is 0 Å². The lowest BCUT2D eigenvalue weighted by Crippen LogP contribution is -2.27. The van der Waals surface area contributed by atoms with E-state index in [1.54, 1.807) is 27.8 Å². The van der Waals surface area contributed by atoms with Crippen molar-refractivity contribution in [3.05, 3.63) is 17.7 Å². The van der Waals surface area contributed by atoms with E-state index in [-0.39, 0.29) is 17.2 Å². The number of benzene rings is 1. The maximum Gasteiger partial charge on any atom is 0.412 e. The minimum absolute atomic E-state index is 0.110. The van der Waals surface area contributed by atoms with Crippen molar-refractivity contribution in [3.63, 3.8) is 0 Å². The molecule has 1 aromatic rings. The average molecular weight is 312 g/mol. The molecule has 0 spiro atoms. The second-order valence-electron chi connectivity index (χ2n) is 5.82. The maximum atomic E-state index is 11.8. The molecular formula is C15H24N2O5. The number of aliphatic hydroxyl groups excluding tert-OH is 1. The van der Waals surface area contributed by atoms with E-state index >= 15 is 0 Å². The molecule has 0 aliphatic rings. The van der Waals surface area contributed by atoms with Crippen molar-refractivity contribution in [2.45, 2.75) is 32.5 Å². The van der Waals surface area contributed by atoms with Gasteiger partial charge >= 0.3 is 6.09 Å². The molecule has 0 saturated carbocycles. The van der Waals surface area contributed by atoms with Crippen molar-refractivity contribution in [1.82, 2.24) is 5.32 Å². The zero-order valence-corrected chi connectivity index (χ0v) is 13.6. The van der Waals surface area contributed by atoms with E-state index in [1.165, 1.54) is 19.2 Å². The molecule has 0 aliphatic carbocycles. The second-order valence-corrected chi connectivity index (χ2v) is 5.82. The number of methoxy groups -OCH3 is 1. The highest BCUT2D eigenvalue weighted by Crippen LogP contribution is 2.37. The Hall–Kier alpha value is -1.99. The van der Waals surface area contributed by atoms with Crippen LogP contribution in [0.4, 0.5) is 10.5 Å². The number of phenols is 1. The summed E-state index contributed by atoms with van der Waals surface area (Å²) in [5.74, 6) is -0.0764. The Morgan fingerprint density at radius 3 is 2.50 bits per heavy atom. The molecule has 7 nitrogen and oxygen atoms in total. The first-order valence-corrected chi connectivity index (χ1v) is 6.91. The van der Waals surface area contributed by atoms with Crippen molar-refractivity contribution in [3.8, 4) is 11.5 Å². The van der Waals surface area contributed by atoms with Crippen molar-refractivity contribution < 1.29 is 24.5 Å². The Balaban J connectivity index is 3.07. The van der Waals surface area contributed by atoms with Gasteiger partial charge in [-0.2, -0.15) is 0 Å². The first kappa shape index (κ1) is 18.1. The monoisotopic (exact) mass is 312 g/mol. The first-order chi connectivity index (χ1) is 10.2. The van der Waals surface area contributed by atoms with Gasteiger partial charge in [0.25, 0.3) is 0 Å². The van der Waals surface area contributed by atoms with Crippen LogP contribution in [0.5, 0.6) is 11.5 Å². The molecule has 22 heavy (non-hydrogen) atoms. The highest BCUT2D eigenvalue weighted by Gasteiger charge is 2.20. The predicted octanol–water partition coefficient (Wildman–Crippen LogP) is 2.00. The lowest BCUT2D eigenvalue weighted by molar-refractivity contribution is 0.0635. The fraction of sp³-hybridized carbons (Fsp3) is 0.533. The third kappa shape index (κ3) is 5.09. The molecule has 1 atom stereocenters. The summed E-state index contributed by atoms with van der Waals surface area (Å²) in [5.41, 5.74) is -0.0543. The molecule has 1 amide bonds. The summed E-state index contributed by atoms with van der Waals surface area (Å²) in [7, 11) is 3.10. The van der Waals surface area contributed by atoms with Crippen LogP contribution in [-0.2, 0) is 4.74 Å². The number of phenolic OH excluding ortho intramolecular Hbond substituents is 1. The van der Waals surface area contributed by atoms with Crippen LogP contribution in [0.15, 0.2) is 12.1 Å². The quantitative estimate of drug-likeness (QED) is 0.621. The van der Waals surface area contributed by atoms with Gasteiger partial charge in [0.15, 0.2) is 11.5 Å².